The Hall–Kier alpha value is -2.42. The summed E-state index contributed by atoms with van der Waals surface area (Å²) in [4.78, 5) is 11.4. The Morgan fingerprint density at radius 2 is 2.10 bits per heavy atom. The van der Waals surface area contributed by atoms with Crippen LogP contribution in [-0.2, 0) is 4.74 Å². The summed E-state index contributed by atoms with van der Waals surface area (Å²) < 4.78 is 10.3. The monoisotopic (exact) mass is 291 g/mol. The minimum Gasteiger partial charge on any atom is -0.479 e. The molecule has 1 aromatic rings. The minimum atomic E-state index is -0.496. The fourth-order valence-corrected chi connectivity index (χ4v) is 1.50. The molecule has 6 heteroatoms. The minimum absolute atomic E-state index is 0.0175. The molecule has 0 atom stereocenters. The SMILES string of the molecule is CC(C)(C)OC(=O)NCCNc1cccc(OCC#N)c1. The molecule has 0 saturated carbocycles. The Kier molecular flexibility index (Phi) is 6.34. The number of nitriles is 1. The van der Waals surface area contributed by atoms with Gasteiger partial charge in [0.05, 0.1) is 0 Å². The number of rotatable bonds is 6. The van der Waals surface area contributed by atoms with Crippen LogP contribution in [0.15, 0.2) is 24.3 Å². The van der Waals surface area contributed by atoms with Gasteiger partial charge in [-0.3, -0.25) is 0 Å². The topological polar surface area (TPSA) is 83.4 Å². The standard InChI is InChI=1S/C15H21N3O3/c1-15(2,3)21-14(19)18-9-8-17-12-5-4-6-13(11-12)20-10-7-16/h4-6,11,17H,8-10H2,1-3H3,(H,18,19). The van der Waals surface area contributed by atoms with E-state index in [1.807, 2.05) is 39.0 Å². The van der Waals surface area contributed by atoms with Crippen LogP contribution in [0.5, 0.6) is 5.75 Å². The molecule has 0 aliphatic rings. The summed E-state index contributed by atoms with van der Waals surface area (Å²) in [6, 6.07) is 9.20. The van der Waals surface area contributed by atoms with Gasteiger partial charge in [0.15, 0.2) is 6.61 Å². The lowest BCUT2D eigenvalue weighted by atomic mass is 10.2. The lowest BCUT2D eigenvalue weighted by Crippen LogP contribution is -2.34. The molecule has 114 valence electrons. The quantitative estimate of drug-likeness (QED) is 0.787. The highest BCUT2D eigenvalue weighted by Crippen LogP contribution is 2.16. The highest BCUT2D eigenvalue weighted by atomic mass is 16.6. The summed E-state index contributed by atoms with van der Waals surface area (Å²) in [6.07, 6.45) is -0.435. The Morgan fingerprint density at radius 3 is 2.76 bits per heavy atom. The highest BCUT2D eigenvalue weighted by Gasteiger charge is 2.15. The summed E-state index contributed by atoms with van der Waals surface area (Å²) in [6.45, 7) is 6.47. The van der Waals surface area contributed by atoms with E-state index < -0.39 is 11.7 Å². The first-order chi connectivity index (χ1) is 9.90. The van der Waals surface area contributed by atoms with Gasteiger partial charge in [-0.05, 0) is 32.9 Å². The zero-order valence-electron chi connectivity index (χ0n) is 12.6. The molecule has 0 aromatic heterocycles. The average molecular weight is 291 g/mol. The molecular weight excluding hydrogens is 270 g/mol. The Labute approximate surface area is 125 Å². The van der Waals surface area contributed by atoms with Gasteiger partial charge in [0.25, 0.3) is 0 Å². The predicted molar refractivity (Wildman–Crippen MR) is 80.3 cm³/mol. The number of hydrogen-bond donors (Lipinski definition) is 2. The number of benzene rings is 1. The van der Waals surface area contributed by atoms with Crippen LogP contribution in [-0.4, -0.2) is 31.4 Å². The third-order valence-corrected chi connectivity index (χ3v) is 2.26. The molecule has 0 saturated heterocycles. The number of nitrogens with zero attached hydrogens (tertiary/aromatic N) is 1. The molecule has 0 aliphatic carbocycles. The summed E-state index contributed by atoms with van der Waals surface area (Å²) in [5.74, 6) is 0.627. The molecule has 0 unspecified atom stereocenters. The van der Waals surface area contributed by atoms with Gasteiger partial charge < -0.3 is 20.1 Å². The molecule has 21 heavy (non-hydrogen) atoms. The van der Waals surface area contributed by atoms with Crippen LogP contribution in [0.3, 0.4) is 0 Å². The van der Waals surface area contributed by atoms with Gasteiger partial charge in [-0.25, -0.2) is 4.79 Å². The number of hydrogen-bond acceptors (Lipinski definition) is 5. The average Bonchev–Trinajstić information content (AvgIpc) is 2.40. The van der Waals surface area contributed by atoms with Gasteiger partial charge in [-0.15, -0.1) is 0 Å². The van der Waals surface area contributed by atoms with E-state index in [9.17, 15) is 4.79 Å². The molecule has 1 amide bonds. The molecule has 2 N–H and O–H groups in total. The van der Waals surface area contributed by atoms with Gasteiger partial charge in [0, 0.05) is 24.8 Å². The Morgan fingerprint density at radius 1 is 1.33 bits per heavy atom. The summed E-state index contributed by atoms with van der Waals surface area (Å²) >= 11 is 0. The largest absolute Gasteiger partial charge is 0.479 e. The lowest BCUT2D eigenvalue weighted by molar-refractivity contribution is 0.0530. The van der Waals surface area contributed by atoms with Crippen LogP contribution in [0, 0.1) is 11.3 Å². The second-order valence-electron chi connectivity index (χ2n) is 5.33. The van der Waals surface area contributed by atoms with E-state index in [4.69, 9.17) is 14.7 Å². The zero-order chi connectivity index (χ0) is 15.7. The van der Waals surface area contributed by atoms with Gasteiger partial charge in [-0.1, -0.05) is 6.07 Å². The number of nitrogens with one attached hydrogen (secondary N) is 2. The number of amides is 1. The molecule has 6 nitrogen and oxygen atoms in total. The molecule has 0 bridgehead atoms. The van der Waals surface area contributed by atoms with E-state index in [0.717, 1.165) is 5.69 Å². The zero-order valence-corrected chi connectivity index (χ0v) is 12.6. The van der Waals surface area contributed by atoms with Crippen molar-refractivity contribution in [1.82, 2.24) is 5.32 Å². The van der Waals surface area contributed by atoms with Crippen molar-refractivity contribution in [1.29, 1.82) is 5.26 Å². The van der Waals surface area contributed by atoms with Crippen molar-refractivity contribution in [3.05, 3.63) is 24.3 Å². The second-order valence-corrected chi connectivity index (χ2v) is 5.33. The van der Waals surface area contributed by atoms with Crippen LogP contribution < -0.4 is 15.4 Å². The van der Waals surface area contributed by atoms with Gasteiger partial charge in [-0.2, -0.15) is 5.26 Å². The second kappa shape index (κ2) is 8.00. The Bertz CT molecular complexity index is 504. The number of ether oxygens (including phenoxy) is 2. The molecule has 1 rings (SSSR count). The fourth-order valence-electron chi connectivity index (χ4n) is 1.50. The van der Waals surface area contributed by atoms with Gasteiger partial charge in [0.1, 0.15) is 17.4 Å². The third-order valence-electron chi connectivity index (χ3n) is 2.26. The van der Waals surface area contributed by atoms with Gasteiger partial charge >= 0.3 is 6.09 Å². The van der Waals surface area contributed by atoms with Crippen molar-refractivity contribution in [3.8, 4) is 11.8 Å². The fraction of sp³-hybridized carbons (Fsp3) is 0.467. The first kappa shape index (κ1) is 16.6. The number of alkyl carbamates (subject to hydrolysis) is 1. The molecule has 0 spiro atoms. The van der Waals surface area contributed by atoms with Crippen molar-refractivity contribution < 1.29 is 14.3 Å². The van der Waals surface area contributed by atoms with Crippen molar-refractivity contribution >= 4 is 11.8 Å². The van der Waals surface area contributed by atoms with Crippen LogP contribution >= 0.6 is 0 Å². The highest BCUT2D eigenvalue weighted by molar-refractivity contribution is 5.67. The summed E-state index contributed by atoms with van der Waals surface area (Å²) in [5, 5.41) is 14.3. The lowest BCUT2D eigenvalue weighted by Gasteiger charge is -2.19. The molecule has 0 heterocycles. The normalized spacial score (nSPS) is 10.4. The molecule has 0 fully saturated rings. The molecular formula is C15H21N3O3. The van der Waals surface area contributed by atoms with E-state index in [1.165, 1.54) is 0 Å². The maximum atomic E-state index is 11.4. The summed E-state index contributed by atoms with van der Waals surface area (Å²) in [5.41, 5.74) is 0.362. The first-order valence-corrected chi connectivity index (χ1v) is 6.71. The number of carbonyl (C=O) groups is 1. The molecule has 0 radical (unpaired) electrons. The van der Waals surface area contributed by atoms with Crippen LogP contribution in [0.25, 0.3) is 0 Å². The first-order valence-electron chi connectivity index (χ1n) is 6.71. The summed E-state index contributed by atoms with van der Waals surface area (Å²) in [7, 11) is 0. The maximum Gasteiger partial charge on any atom is 0.407 e. The van der Waals surface area contributed by atoms with E-state index in [1.54, 1.807) is 12.1 Å². The number of anilines is 1. The van der Waals surface area contributed by atoms with Crippen molar-refractivity contribution in [2.75, 3.05) is 25.0 Å². The van der Waals surface area contributed by atoms with Crippen molar-refractivity contribution in [3.63, 3.8) is 0 Å². The molecule has 0 aliphatic heterocycles. The van der Waals surface area contributed by atoms with Crippen LogP contribution in [0.2, 0.25) is 0 Å². The van der Waals surface area contributed by atoms with Gasteiger partial charge in [0.2, 0.25) is 0 Å². The number of carbonyl (C=O) groups excluding carboxylic acids is 1. The van der Waals surface area contributed by atoms with E-state index in [0.29, 0.717) is 18.8 Å². The molecule has 1 aromatic carbocycles. The Balaban J connectivity index is 2.30. The van der Waals surface area contributed by atoms with E-state index in [-0.39, 0.29) is 6.61 Å². The van der Waals surface area contributed by atoms with E-state index in [2.05, 4.69) is 10.6 Å². The van der Waals surface area contributed by atoms with Crippen molar-refractivity contribution in [2.45, 2.75) is 26.4 Å². The van der Waals surface area contributed by atoms with Crippen LogP contribution in [0.4, 0.5) is 10.5 Å². The third kappa shape index (κ3) is 7.67. The maximum absolute atomic E-state index is 11.4. The predicted octanol–water partition coefficient (Wildman–Crippen LogP) is 2.53. The van der Waals surface area contributed by atoms with Crippen LogP contribution in [0.1, 0.15) is 20.8 Å². The van der Waals surface area contributed by atoms with Crippen molar-refractivity contribution in [2.24, 2.45) is 0 Å². The smallest absolute Gasteiger partial charge is 0.407 e. The van der Waals surface area contributed by atoms with E-state index >= 15 is 0 Å².